The molecule has 0 unspecified atom stereocenters. The fraction of sp³-hybridized carbons (Fsp3) is 0.115. The number of anilines is 2. The number of esters is 1. The van der Waals surface area contributed by atoms with E-state index in [9.17, 15) is 18.0 Å². The Morgan fingerprint density at radius 3 is 2.44 bits per heavy atom. The van der Waals surface area contributed by atoms with Gasteiger partial charge >= 0.3 is 12.3 Å². The fourth-order valence-electron chi connectivity index (χ4n) is 3.41. The molecule has 13 heteroatoms. The molecule has 1 aliphatic rings. The van der Waals surface area contributed by atoms with E-state index in [1.54, 1.807) is 41.7 Å². The van der Waals surface area contributed by atoms with Crippen molar-refractivity contribution in [2.75, 3.05) is 24.0 Å². The molecule has 0 fully saturated rings. The molecule has 3 aromatic rings. The normalized spacial score (nSPS) is 13.1. The molecule has 3 aromatic carbocycles. The summed E-state index contributed by atoms with van der Waals surface area (Å²) in [5, 5.41) is 7.21. The first-order chi connectivity index (χ1) is 18.7. The number of amidine groups is 1. The minimum atomic E-state index is -4.74. The number of nitrogens with zero attached hydrogens (tertiary/aromatic N) is 4. The van der Waals surface area contributed by atoms with Gasteiger partial charge in [-0.1, -0.05) is 36.4 Å². The van der Waals surface area contributed by atoms with Gasteiger partial charge in [-0.05, 0) is 54.2 Å². The van der Waals surface area contributed by atoms with Crippen molar-refractivity contribution in [1.82, 2.24) is 5.43 Å². The summed E-state index contributed by atoms with van der Waals surface area (Å²) >= 11 is 5.24. The zero-order valence-electron chi connectivity index (χ0n) is 20.3. The topological polar surface area (TPSA) is 99.9 Å². The summed E-state index contributed by atoms with van der Waals surface area (Å²) in [5.41, 5.74) is 5.71. The van der Waals surface area contributed by atoms with Crippen molar-refractivity contribution in [3.05, 3.63) is 89.5 Å². The number of para-hydroxylation sites is 1. The third kappa shape index (κ3) is 7.61. The van der Waals surface area contributed by atoms with Gasteiger partial charge in [0.15, 0.2) is 10.9 Å². The van der Waals surface area contributed by atoms with E-state index in [-0.39, 0.29) is 17.5 Å². The SMILES string of the molecule is COC(=O)c1ccccc1NC(=S)N/N=C/c1ccc(C2=NCN(c3ccc(OC(F)(F)F)cc3)C=N2)cc1. The molecule has 0 aromatic heterocycles. The van der Waals surface area contributed by atoms with Crippen LogP contribution in [0.1, 0.15) is 21.5 Å². The highest BCUT2D eigenvalue weighted by Gasteiger charge is 2.31. The van der Waals surface area contributed by atoms with Crippen LogP contribution in [0.2, 0.25) is 0 Å². The molecule has 0 saturated heterocycles. The molecule has 0 atom stereocenters. The number of carbonyl (C=O) groups is 1. The zero-order valence-corrected chi connectivity index (χ0v) is 21.2. The van der Waals surface area contributed by atoms with Crippen molar-refractivity contribution in [1.29, 1.82) is 0 Å². The second kappa shape index (κ2) is 12.2. The molecular weight excluding hydrogens is 533 g/mol. The smallest absolute Gasteiger partial charge is 0.465 e. The first kappa shape index (κ1) is 27.3. The Bertz CT molecular complexity index is 1420. The number of aliphatic imine (C=N–C) groups is 2. The van der Waals surface area contributed by atoms with Crippen LogP contribution in [0.25, 0.3) is 0 Å². The molecule has 0 radical (unpaired) electrons. The fourth-order valence-corrected chi connectivity index (χ4v) is 3.57. The van der Waals surface area contributed by atoms with Gasteiger partial charge in [0.05, 0.1) is 30.9 Å². The number of rotatable bonds is 7. The molecule has 0 saturated carbocycles. The lowest BCUT2D eigenvalue weighted by Gasteiger charge is -2.21. The number of halogens is 3. The molecule has 9 nitrogen and oxygen atoms in total. The molecule has 1 aliphatic heterocycles. The minimum Gasteiger partial charge on any atom is -0.465 e. The number of hydrazone groups is 1. The highest BCUT2D eigenvalue weighted by molar-refractivity contribution is 7.80. The molecule has 1 heterocycles. The van der Waals surface area contributed by atoms with Crippen LogP contribution in [0.4, 0.5) is 24.5 Å². The van der Waals surface area contributed by atoms with Gasteiger partial charge in [-0.25, -0.2) is 14.8 Å². The first-order valence-electron chi connectivity index (χ1n) is 11.3. The number of methoxy groups -OCH3 is 1. The van der Waals surface area contributed by atoms with E-state index in [0.29, 0.717) is 22.8 Å². The summed E-state index contributed by atoms with van der Waals surface area (Å²) in [6, 6.07) is 19.6. The Morgan fingerprint density at radius 1 is 1.08 bits per heavy atom. The Kier molecular flexibility index (Phi) is 8.51. The lowest BCUT2D eigenvalue weighted by Crippen LogP contribution is -2.26. The van der Waals surface area contributed by atoms with E-state index >= 15 is 0 Å². The number of nitrogens with one attached hydrogen (secondary N) is 2. The molecule has 2 N–H and O–H groups in total. The van der Waals surface area contributed by atoms with E-state index in [1.165, 1.54) is 31.4 Å². The van der Waals surface area contributed by atoms with Crippen LogP contribution in [0.3, 0.4) is 0 Å². The number of ether oxygens (including phenoxy) is 2. The van der Waals surface area contributed by atoms with Gasteiger partial charge in [0, 0.05) is 11.3 Å². The minimum absolute atomic E-state index is 0.192. The molecule has 0 aliphatic carbocycles. The van der Waals surface area contributed by atoms with E-state index in [0.717, 1.165) is 11.1 Å². The summed E-state index contributed by atoms with van der Waals surface area (Å²) in [6.07, 6.45) is -1.60. The molecule has 0 amide bonds. The van der Waals surface area contributed by atoms with E-state index in [2.05, 4.69) is 30.6 Å². The van der Waals surface area contributed by atoms with Gasteiger partial charge in [-0.15, -0.1) is 13.2 Å². The predicted octanol–water partition coefficient (Wildman–Crippen LogP) is 4.94. The Balaban J connectivity index is 1.30. The summed E-state index contributed by atoms with van der Waals surface area (Å²) in [6.45, 7) is 0.245. The first-order valence-corrected chi connectivity index (χ1v) is 11.7. The van der Waals surface area contributed by atoms with E-state index in [1.807, 2.05) is 24.3 Å². The van der Waals surface area contributed by atoms with Gasteiger partial charge in [0.25, 0.3) is 0 Å². The summed E-state index contributed by atoms with van der Waals surface area (Å²) in [7, 11) is 1.30. The lowest BCUT2D eigenvalue weighted by atomic mass is 10.1. The number of hydrogen-bond donors (Lipinski definition) is 2. The van der Waals surface area contributed by atoms with Crippen molar-refractivity contribution < 1.29 is 27.4 Å². The van der Waals surface area contributed by atoms with Crippen molar-refractivity contribution in [2.24, 2.45) is 15.1 Å². The maximum absolute atomic E-state index is 12.3. The zero-order chi connectivity index (χ0) is 27.8. The van der Waals surface area contributed by atoms with Gasteiger partial charge in [-0.2, -0.15) is 5.10 Å². The number of carbonyl (C=O) groups excluding carboxylic acids is 1. The van der Waals surface area contributed by atoms with Gasteiger partial charge in [0.2, 0.25) is 0 Å². The molecule has 39 heavy (non-hydrogen) atoms. The maximum Gasteiger partial charge on any atom is 0.573 e. The largest absolute Gasteiger partial charge is 0.573 e. The number of hydrogen-bond acceptors (Lipinski definition) is 8. The summed E-state index contributed by atoms with van der Waals surface area (Å²) in [4.78, 5) is 22.4. The summed E-state index contributed by atoms with van der Waals surface area (Å²) in [5.74, 6) is -0.276. The van der Waals surface area contributed by atoms with Crippen LogP contribution >= 0.6 is 12.2 Å². The second-order valence-corrected chi connectivity index (χ2v) is 8.27. The average molecular weight is 555 g/mol. The van der Waals surface area contributed by atoms with Gasteiger partial charge < -0.3 is 19.7 Å². The lowest BCUT2D eigenvalue weighted by molar-refractivity contribution is -0.274. The van der Waals surface area contributed by atoms with Crippen molar-refractivity contribution in [3.8, 4) is 5.75 Å². The molecular formula is C26H21F3N6O3S. The molecule has 200 valence electrons. The van der Waals surface area contributed by atoms with E-state index in [4.69, 9.17) is 17.0 Å². The third-order valence-electron chi connectivity index (χ3n) is 5.22. The van der Waals surface area contributed by atoms with Gasteiger partial charge in [0.1, 0.15) is 12.4 Å². The predicted molar refractivity (Wildman–Crippen MR) is 147 cm³/mol. The van der Waals surface area contributed by atoms with Crippen LogP contribution < -0.4 is 20.4 Å². The Morgan fingerprint density at radius 2 is 1.79 bits per heavy atom. The van der Waals surface area contributed by atoms with Crippen LogP contribution in [0.15, 0.2) is 87.9 Å². The van der Waals surface area contributed by atoms with Crippen LogP contribution in [-0.2, 0) is 4.74 Å². The Hall–Kier alpha value is -4.78. The van der Waals surface area contributed by atoms with Crippen LogP contribution in [0, 0.1) is 0 Å². The maximum atomic E-state index is 12.3. The standard InChI is InChI=1S/C26H21F3N6O3S/c1-37-24(36)21-4-2-3-5-22(21)33-25(39)34-32-14-17-6-8-18(9-7-17)23-30-15-35(16-31-23)19-10-12-20(13-11-19)38-26(27,28)29/h2-15H,16H2,1H3,(H2,33,34,39)/b32-14+. The number of thiocarbonyl (C=S) groups is 1. The van der Waals surface area contributed by atoms with Crippen molar-refractivity contribution >= 4 is 53.1 Å². The van der Waals surface area contributed by atoms with Crippen molar-refractivity contribution in [3.63, 3.8) is 0 Å². The second-order valence-electron chi connectivity index (χ2n) is 7.86. The van der Waals surface area contributed by atoms with Crippen LogP contribution in [0.5, 0.6) is 5.75 Å². The third-order valence-corrected chi connectivity index (χ3v) is 5.42. The molecule has 4 rings (SSSR count). The number of alkyl halides is 3. The average Bonchev–Trinajstić information content (AvgIpc) is 2.93. The summed E-state index contributed by atoms with van der Waals surface area (Å²) < 4.78 is 45.7. The number of benzene rings is 3. The highest BCUT2D eigenvalue weighted by atomic mass is 32.1. The van der Waals surface area contributed by atoms with E-state index < -0.39 is 12.3 Å². The molecule has 0 spiro atoms. The monoisotopic (exact) mass is 554 g/mol. The van der Waals surface area contributed by atoms with Gasteiger partial charge in [-0.3, -0.25) is 5.43 Å². The quantitative estimate of drug-likeness (QED) is 0.185. The Labute approximate surface area is 226 Å². The highest BCUT2D eigenvalue weighted by Crippen LogP contribution is 2.25. The molecule has 0 bridgehead atoms. The van der Waals surface area contributed by atoms with Crippen molar-refractivity contribution in [2.45, 2.75) is 6.36 Å². The van der Waals surface area contributed by atoms with Crippen LogP contribution in [-0.4, -0.2) is 49.6 Å².